The zero-order valence-electron chi connectivity index (χ0n) is 13.2. The fraction of sp³-hybridized carbons (Fsp3) is 0.368. The zero-order valence-corrected chi connectivity index (χ0v) is 14.0. The highest BCUT2D eigenvalue weighted by Crippen LogP contribution is 2.43. The summed E-state index contributed by atoms with van der Waals surface area (Å²) in [5.41, 5.74) is 1.67. The molecule has 126 valence electrons. The van der Waals surface area contributed by atoms with Crippen molar-refractivity contribution in [1.29, 1.82) is 0 Å². The first-order valence-corrected chi connectivity index (χ1v) is 8.68. The molecular weight excluding hydrogens is 329 g/mol. The first kappa shape index (κ1) is 15.7. The minimum Gasteiger partial charge on any atom is -0.485 e. The number of benzene rings is 2. The fourth-order valence-corrected chi connectivity index (χ4v) is 3.66. The van der Waals surface area contributed by atoms with Crippen LogP contribution in [0.2, 0.25) is 5.02 Å². The Balaban J connectivity index is 1.61. The van der Waals surface area contributed by atoms with Gasteiger partial charge in [0.2, 0.25) is 0 Å². The molecule has 0 saturated carbocycles. The van der Waals surface area contributed by atoms with Gasteiger partial charge in [-0.05, 0) is 50.0 Å². The van der Waals surface area contributed by atoms with Gasteiger partial charge in [-0.2, -0.15) is 0 Å². The Hall–Kier alpha value is -1.78. The first-order valence-electron chi connectivity index (χ1n) is 8.30. The Labute approximate surface area is 145 Å². The highest BCUT2D eigenvalue weighted by molar-refractivity contribution is 6.30. The van der Waals surface area contributed by atoms with Gasteiger partial charge in [-0.25, -0.2) is 4.39 Å². The van der Waals surface area contributed by atoms with E-state index in [4.69, 9.17) is 21.1 Å². The Morgan fingerprint density at radius 3 is 2.71 bits per heavy atom. The lowest BCUT2D eigenvalue weighted by Gasteiger charge is -2.31. The minimum absolute atomic E-state index is 0.299. The largest absolute Gasteiger partial charge is 0.485 e. The minimum atomic E-state index is -0.460. The van der Waals surface area contributed by atoms with E-state index in [0.717, 1.165) is 31.7 Å². The van der Waals surface area contributed by atoms with Gasteiger partial charge in [0.05, 0.1) is 0 Å². The van der Waals surface area contributed by atoms with Crippen molar-refractivity contribution in [1.82, 2.24) is 5.32 Å². The van der Waals surface area contributed by atoms with E-state index in [0.29, 0.717) is 28.9 Å². The number of para-hydroxylation sites is 1. The zero-order chi connectivity index (χ0) is 16.5. The molecule has 2 aliphatic rings. The SMILES string of the molecule is Fc1cc(Cl)ccc1C1COc2c(cccc2C2CCNCC2)O1. The van der Waals surface area contributed by atoms with E-state index in [1.165, 1.54) is 11.6 Å². The quantitative estimate of drug-likeness (QED) is 0.870. The molecule has 2 heterocycles. The molecule has 0 spiro atoms. The first-order chi connectivity index (χ1) is 11.7. The van der Waals surface area contributed by atoms with Gasteiger partial charge in [0.1, 0.15) is 12.4 Å². The molecule has 3 nitrogen and oxygen atoms in total. The molecule has 1 atom stereocenters. The second-order valence-electron chi connectivity index (χ2n) is 6.28. The van der Waals surface area contributed by atoms with Gasteiger partial charge in [-0.3, -0.25) is 0 Å². The summed E-state index contributed by atoms with van der Waals surface area (Å²) in [6.07, 6.45) is 1.72. The van der Waals surface area contributed by atoms with Crippen LogP contribution >= 0.6 is 11.6 Å². The Morgan fingerprint density at radius 2 is 1.92 bits per heavy atom. The van der Waals surface area contributed by atoms with E-state index in [2.05, 4.69) is 11.4 Å². The molecule has 4 rings (SSSR count). The highest BCUT2D eigenvalue weighted by atomic mass is 35.5. The fourth-order valence-electron chi connectivity index (χ4n) is 3.50. The summed E-state index contributed by atoms with van der Waals surface area (Å²) in [7, 11) is 0. The summed E-state index contributed by atoms with van der Waals surface area (Å²) < 4.78 is 26.2. The number of hydrogen-bond acceptors (Lipinski definition) is 3. The molecule has 1 unspecified atom stereocenters. The van der Waals surface area contributed by atoms with E-state index >= 15 is 0 Å². The van der Waals surface area contributed by atoms with E-state index in [1.807, 2.05) is 12.1 Å². The maximum absolute atomic E-state index is 14.2. The second kappa shape index (κ2) is 6.61. The molecule has 2 aromatic carbocycles. The number of piperidine rings is 1. The third-order valence-corrected chi connectivity index (χ3v) is 4.98. The lowest BCUT2D eigenvalue weighted by atomic mass is 9.89. The molecule has 0 aromatic heterocycles. The molecule has 1 saturated heterocycles. The average Bonchev–Trinajstić information content (AvgIpc) is 2.61. The molecule has 1 N–H and O–H groups in total. The van der Waals surface area contributed by atoms with Gasteiger partial charge in [0.25, 0.3) is 0 Å². The number of halogens is 2. The van der Waals surface area contributed by atoms with Gasteiger partial charge < -0.3 is 14.8 Å². The second-order valence-corrected chi connectivity index (χ2v) is 6.72. The van der Waals surface area contributed by atoms with Gasteiger partial charge in [-0.1, -0.05) is 29.8 Å². The number of hydrogen-bond donors (Lipinski definition) is 1. The lowest BCUT2D eigenvalue weighted by molar-refractivity contribution is 0.0869. The van der Waals surface area contributed by atoms with Crippen LogP contribution in [-0.4, -0.2) is 19.7 Å². The molecular formula is C19H19ClFNO2. The standard InChI is InChI=1S/C19H19ClFNO2/c20-13-4-5-15(16(21)10-13)18-11-23-19-14(2-1-3-17(19)24-18)12-6-8-22-9-7-12/h1-5,10,12,18,22H,6-9,11H2. The number of nitrogens with one attached hydrogen (secondary N) is 1. The smallest absolute Gasteiger partial charge is 0.164 e. The van der Waals surface area contributed by atoms with E-state index in [9.17, 15) is 4.39 Å². The van der Waals surface area contributed by atoms with Crippen LogP contribution in [0.4, 0.5) is 4.39 Å². The maximum Gasteiger partial charge on any atom is 0.164 e. The number of fused-ring (bicyclic) bond motifs is 1. The van der Waals surface area contributed by atoms with Gasteiger partial charge in [0.15, 0.2) is 17.6 Å². The van der Waals surface area contributed by atoms with Crippen molar-refractivity contribution in [2.24, 2.45) is 0 Å². The Morgan fingerprint density at radius 1 is 1.08 bits per heavy atom. The summed E-state index contributed by atoms with van der Waals surface area (Å²) in [6, 6.07) is 10.6. The van der Waals surface area contributed by atoms with Crippen LogP contribution in [0.1, 0.15) is 36.0 Å². The van der Waals surface area contributed by atoms with Crippen LogP contribution in [0, 0.1) is 5.82 Å². The van der Waals surface area contributed by atoms with Gasteiger partial charge in [0, 0.05) is 16.1 Å². The van der Waals surface area contributed by atoms with Crippen molar-refractivity contribution >= 4 is 11.6 Å². The summed E-state index contributed by atoms with van der Waals surface area (Å²) in [6.45, 7) is 2.34. The van der Waals surface area contributed by atoms with Crippen LogP contribution in [0.15, 0.2) is 36.4 Å². The van der Waals surface area contributed by atoms with Crippen molar-refractivity contribution in [3.8, 4) is 11.5 Å². The third-order valence-electron chi connectivity index (χ3n) is 4.75. The number of rotatable bonds is 2. The monoisotopic (exact) mass is 347 g/mol. The van der Waals surface area contributed by atoms with Crippen molar-refractivity contribution < 1.29 is 13.9 Å². The van der Waals surface area contributed by atoms with Crippen LogP contribution in [0.5, 0.6) is 11.5 Å². The molecule has 0 radical (unpaired) electrons. The molecule has 0 aliphatic carbocycles. The van der Waals surface area contributed by atoms with Crippen LogP contribution in [-0.2, 0) is 0 Å². The van der Waals surface area contributed by atoms with Crippen LogP contribution in [0.3, 0.4) is 0 Å². The summed E-state index contributed by atoms with van der Waals surface area (Å²) in [5.74, 6) is 1.62. The molecule has 2 aromatic rings. The van der Waals surface area contributed by atoms with Crippen molar-refractivity contribution in [3.63, 3.8) is 0 Å². The third kappa shape index (κ3) is 2.96. The van der Waals surface area contributed by atoms with E-state index in [1.54, 1.807) is 12.1 Å². The van der Waals surface area contributed by atoms with Gasteiger partial charge in [-0.15, -0.1) is 0 Å². The lowest BCUT2D eigenvalue weighted by Crippen LogP contribution is -2.28. The normalized spacial score (nSPS) is 20.8. The summed E-state index contributed by atoms with van der Waals surface area (Å²) in [5, 5.41) is 3.76. The summed E-state index contributed by atoms with van der Waals surface area (Å²) >= 11 is 5.83. The van der Waals surface area contributed by atoms with Crippen molar-refractivity contribution in [2.75, 3.05) is 19.7 Å². The van der Waals surface area contributed by atoms with Gasteiger partial charge >= 0.3 is 0 Å². The predicted octanol–water partition coefficient (Wildman–Crippen LogP) is 4.46. The number of ether oxygens (including phenoxy) is 2. The molecule has 1 fully saturated rings. The van der Waals surface area contributed by atoms with Crippen LogP contribution in [0.25, 0.3) is 0 Å². The average molecular weight is 348 g/mol. The summed E-state index contributed by atoms with van der Waals surface area (Å²) in [4.78, 5) is 0. The molecule has 0 amide bonds. The van der Waals surface area contributed by atoms with E-state index in [-0.39, 0.29) is 5.82 Å². The topological polar surface area (TPSA) is 30.5 Å². The van der Waals surface area contributed by atoms with Crippen molar-refractivity contribution in [3.05, 3.63) is 58.4 Å². The highest BCUT2D eigenvalue weighted by Gasteiger charge is 2.29. The molecule has 0 bridgehead atoms. The maximum atomic E-state index is 14.2. The van der Waals surface area contributed by atoms with E-state index < -0.39 is 6.10 Å². The Kier molecular flexibility index (Phi) is 4.33. The van der Waals surface area contributed by atoms with Crippen molar-refractivity contribution in [2.45, 2.75) is 24.9 Å². The molecule has 2 aliphatic heterocycles. The predicted molar refractivity (Wildman–Crippen MR) is 91.6 cm³/mol. The molecule has 5 heteroatoms. The molecule has 24 heavy (non-hydrogen) atoms. The van der Waals surface area contributed by atoms with Crippen LogP contribution < -0.4 is 14.8 Å². The Bertz CT molecular complexity index is 746.